The fourth-order valence-corrected chi connectivity index (χ4v) is 3.22. The summed E-state index contributed by atoms with van der Waals surface area (Å²) in [5.41, 5.74) is 0.543. The Hall–Kier alpha value is -2.06. The minimum Gasteiger partial charge on any atom is -0.504 e. The van der Waals surface area contributed by atoms with E-state index in [-0.39, 0.29) is 30.4 Å². The van der Waals surface area contributed by atoms with E-state index in [0.717, 1.165) is 11.8 Å². The van der Waals surface area contributed by atoms with Gasteiger partial charge in [0.25, 0.3) is 5.91 Å². The molecule has 0 atom stereocenters. The van der Waals surface area contributed by atoms with Crippen molar-refractivity contribution < 1.29 is 24.5 Å². The predicted octanol–water partition coefficient (Wildman–Crippen LogP) is 2.08. The fourth-order valence-electron chi connectivity index (χ4n) is 1.92. The van der Waals surface area contributed by atoms with Crippen molar-refractivity contribution in [2.45, 2.75) is 6.42 Å². The van der Waals surface area contributed by atoms with Crippen LogP contribution in [0.5, 0.6) is 11.5 Å². The number of aromatic hydroxyl groups is 1. The van der Waals surface area contributed by atoms with Crippen molar-refractivity contribution in [2.75, 3.05) is 13.7 Å². The monoisotopic (exact) mass is 339 g/mol. The van der Waals surface area contributed by atoms with Crippen LogP contribution in [0.25, 0.3) is 6.08 Å². The van der Waals surface area contributed by atoms with Gasteiger partial charge >= 0.3 is 5.97 Å². The molecule has 0 spiro atoms. The number of rotatable bonds is 5. The molecule has 0 aromatic heterocycles. The molecule has 8 heteroatoms. The lowest BCUT2D eigenvalue weighted by molar-refractivity contribution is -0.137. The van der Waals surface area contributed by atoms with Gasteiger partial charge in [-0.15, -0.1) is 0 Å². The minimum absolute atomic E-state index is 0.0300. The Labute approximate surface area is 136 Å². The number of benzene rings is 1. The summed E-state index contributed by atoms with van der Waals surface area (Å²) in [5.74, 6) is -1.11. The van der Waals surface area contributed by atoms with E-state index < -0.39 is 5.97 Å². The van der Waals surface area contributed by atoms with E-state index in [4.69, 9.17) is 22.1 Å². The Morgan fingerprint density at radius 1 is 1.50 bits per heavy atom. The molecular weight excluding hydrogens is 326 g/mol. The summed E-state index contributed by atoms with van der Waals surface area (Å²) in [6, 6.07) is 4.81. The Morgan fingerprint density at radius 2 is 2.23 bits per heavy atom. The number of amides is 1. The fraction of sp³-hybridized carbons (Fsp3) is 0.214. The molecule has 2 rings (SSSR count). The van der Waals surface area contributed by atoms with E-state index in [9.17, 15) is 14.7 Å². The van der Waals surface area contributed by atoms with Gasteiger partial charge in [-0.1, -0.05) is 36.1 Å². The van der Waals surface area contributed by atoms with Crippen molar-refractivity contribution in [3.8, 4) is 11.5 Å². The van der Waals surface area contributed by atoms with Crippen molar-refractivity contribution in [3.05, 3.63) is 28.7 Å². The number of phenols is 1. The molecule has 1 heterocycles. The Morgan fingerprint density at radius 3 is 2.86 bits per heavy atom. The van der Waals surface area contributed by atoms with Crippen molar-refractivity contribution in [1.29, 1.82) is 0 Å². The lowest BCUT2D eigenvalue weighted by Crippen LogP contribution is -2.30. The average Bonchev–Trinajstić information content (AvgIpc) is 2.71. The second kappa shape index (κ2) is 6.80. The zero-order valence-electron chi connectivity index (χ0n) is 11.6. The summed E-state index contributed by atoms with van der Waals surface area (Å²) >= 11 is 6.20. The van der Waals surface area contributed by atoms with Crippen LogP contribution < -0.4 is 4.74 Å². The quantitative estimate of drug-likeness (QED) is 0.627. The highest BCUT2D eigenvalue weighted by molar-refractivity contribution is 8.26. The van der Waals surface area contributed by atoms with Crippen LogP contribution in [-0.4, -0.2) is 45.0 Å². The third-order valence-corrected chi connectivity index (χ3v) is 4.32. The molecule has 1 fully saturated rings. The molecule has 6 nitrogen and oxygen atoms in total. The maximum atomic E-state index is 12.3. The number of carboxylic acid groups (broad SMARTS) is 1. The molecule has 1 aromatic carbocycles. The minimum atomic E-state index is -0.993. The van der Waals surface area contributed by atoms with E-state index in [1.54, 1.807) is 18.2 Å². The standard InChI is InChI=1S/C14H13NO5S2/c1-20-12-8(3-2-4-9(12)16)7-10-13(19)15(14(21)22-10)6-5-11(17)18/h2-4,7,16H,5-6H2,1H3,(H,17,18). The van der Waals surface area contributed by atoms with Crippen LogP contribution in [0.2, 0.25) is 0 Å². The number of hydrogen-bond acceptors (Lipinski definition) is 6. The summed E-state index contributed by atoms with van der Waals surface area (Å²) in [4.78, 5) is 24.5. The Bertz CT molecular complexity index is 671. The van der Waals surface area contributed by atoms with Crippen LogP contribution in [0, 0.1) is 0 Å². The first kappa shape index (κ1) is 16.3. The zero-order valence-corrected chi connectivity index (χ0v) is 13.2. The van der Waals surface area contributed by atoms with Gasteiger partial charge in [0.05, 0.1) is 18.4 Å². The average molecular weight is 339 g/mol. The van der Waals surface area contributed by atoms with Gasteiger partial charge in [0.1, 0.15) is 4.32 Å². The molecule has 2 N–H and O–H groups in total. The number of carboxylic acids is 1. The summed E-state index contributed by atoms with van der Waals surface area (Å²) in [6.45, 7) is 0.0362. The van der Waals surface area contributed by atoms with E-state index in [1.165, 1.54) is 18.1 Å². The Kier molecular flexibility index (Phi) is 5.04. The van der Waals surface area contributed by atoms with Gasteiger partial charge < -0.3 is 14.9 Å². The first-order valence-electron chi connectivity index (χ1n) is 6.27. The molecule has 0 bridgehead atoms. The highest BCUT2D eigenvalue weighted by Gasteiger charge is 2.32. The van der Waals surface area contributed by atoms with Gasteiger partial charge in [-0.3, -0.25) is 14.5 Å². The maximum Gasteiger partial charge on any atom is 0.305 e. The van der Waals surface area contributed by atoms with E-state index in [0.29, 0.717) is 14.8 Å². The summed E-state index contributed by atoms with van der Waals surface area (Å²) in [7, 11) is 1.42. The highest BCUT2D eigenvalue weighted by Crippen LogP contribution is 2.36. The number of aliphatic carboxylic acids is 1. The Balaban J connectivity index is 2.27. The normalized spacial score (nSPS) is 16.4. The van der Waals surface area contributed by atoms with Gasteiger partial charge in [0, 0.05) is 12.1 Å². The molecule has 0 radical (unpaired) electrons. The van der Waals surface area contributed by atoms with Crippen molar-refractivity contribution in [1.82, 2.24) is 4.90 Å². The molecular formula is C14H13NO5S2. The van der Waals surface area contributed by atoms with Crippen LogP contribution in [-0.2, 0) is 9.59 Å². The molecule has 1 aromatic rings. The smallest absolute Gasteiger partial charge is 0.305 e. The van der Waals surface area contributed by atoms with Crippen LogP contribution >= 0.6 is 24.0 Å². The number of nitrogens with zero attached hydrogens (tertiary/aromatic N) is 1. The first-order chi connectivity index (χ1) is 10.4. The number of methoxy groups -OCH3 is 1. The predicted molar refractivity (Wildman–Crippen MR) is 86.8 cm³/mol. The van der Waals surface area contributed by atoms with Gasteiger partial charge in [-0.25, -0.2) is 0 Å². The summed E-state index contributed by atoms with van der Waals surface area (Å²) in [5, 5.41) is 18.4. The van der Waals surface area contributed by atoms with Crippen molar-refractivity contribution in [3.63, 3.8) is 0 Å². The first-order valence-corrected chi connectivity index (χ1v) is 7.49. The molecule has 1 amide bonds. The zero-order chi connectivity index (χ0) is 16.3. The number of thioether (sulfide) groups is 1. The molecule has 0 aliphatic carbocycles. The SMILES string of the molecule is COc1c(O)cccc1C=C1SC(=S)N(CCC(=O)O)C1=O. The van der Waals surface area contributed by atoms with Gasteiger partial charge in [-0.2, -0.15) is 0 Å². The van der Waals surface area contributed by atoms with E-state index in [1.807, 2.05) is 0 Å². The van der Waals surface area contributed by atoms with Crippen molar-refractivity contribution in [2.24, 2.45) is 0 Å². The number of phenolic OH excluding ortho intramolecular Hbond substituents is 1. The van der Waals surface area contributed by atoms with Gasteiger partial charge in [0.2, 0.25) is 0 Å². The molecule has 116 valence electrons. The second-order valence-electron chi connectivity index (χ2n) is 4.38. The molecule has 22 heavy (non-hydrogen) atoms. The largest absolute Gasteiger partial charge is 0.504 e. The van der Waals surface area contributed by atoms with Crippen LogP contribution in [0.15, 0.2) is 23.1 Å². The molecule has 1 saturated heterocycles. The topological polar surface area (TPSA) is 87.1 Å². The second-order valence-corrected chi connectivity index (χ2v) is 6.05. The number of carbonyl (C=O) groups excluding carboxylic acids is 1. The number of para-hydroxylation sites is 1. The summed E-state index contributed by atoms with van der Waals surface area (Å²) in [6.07, 6.45) is 1.40. The lowest BCUT2D eigenvalue weighted by Gasteiger charge is -2.12. The van der Waals surface area contributed by atoms with Crippen LogP contribution in [0.3, 0.4) is 0 Å². The van der Waals surface area contributed by atoms with Crippen LogP contribution in [0.4, 0.5) is 0 Å². The summed E-state index contributed by atoms with van der Waals surface area (Å²) < 4.78 is 5.43. The molecule has 1 aliphatic rings. The van der Waals surface area contributed by atoms with E-state index in [2.05, 4.69) is 0 Å². The molecule has 0 saturated carbocycles. The van der Waals surface area contributed by atoms with Gasteiger partial charge in [0.15, 0.2) is 11.5 Å². The highest BCUT2D eigenvalue weighted by atomic mass is 32.2. The van der Waals surface area contributed by atoms with Crippen molar-refractivity contribution >= 4 is 46.3 Å². The number of thiocarbonyl (C=S) groups is 1. The number of ether oxygens (including phenoxy) is 1. The molecule has 0 unspecified atom stereocenters. The third-order valence-electron chi connectivity index (χ3n) is 2.94. The maximum absolute atomic E-state index is 12.3. The molecule has 1 aliphatic heterocycles. The van der Waals surface area contributed by atoms with Crippen LogP contribution in [0.1, 0.15) is 12.0 Å². The number of carbonyl (C=O) groups is 2. The third kappa shape index (κ3) is 3.40. The number of hydrogen-bond donors (Lipinski definition) is 2. The van der Waals surface area contributed by atoms with Gasteiger partial charge in [-0.05, 0) is 12.1 Å². The van der Waals surface area contributed by atoms with E-state index >= 15 is 0 Å². The lowest BCUT2D eigenvalue weighted by atomic mass is 10.1.